The van der Waals surface area contributed by atoms with Gasteiger partial charge in [0.1, 0.15) is 5.75 Å². The maximum absolute atomic E-state index is 11.6. The molecule has 0 radical (unpaired) electrons. The molecule has 0 aliphatic carbocycles. The number of hydrogen-bond acceptors (Lipinski definition) is 3. The molecule has 4 nitrogen and oxygen atoms in total. The third kappa shape index (κ3) is 5.01. The van der Waals surface area contributed by atoms with Crippen LogP contribution in [0.15, 0.2) is 24.3 Å². The Balaban J connectivity index is 2.45. The van der Waals surface area contributed by atoms with Crippen LogP contribution in [0.1, 0.15) is 0 Å². The Morgan fingerprint density at radius 1 is 1.59 bits per heavy atom. The SMILES string of the molecule is CN(CC(N)=S)C(=O)COc1cccc(Cl)c1. The molecule has 1 rings (SSSR count). The fourth-order valence-electron chi connectivity index (χ4n) is 1.13. The van der Waals surface area contributed by atoms with E-state index in [2.05, 4.69) is 0 Å². The van der Waals surface area contributed by atoms with Gasteiger partial charge in [-0.25, -0.2) is 0 Å². The zero-order valence-electron chi connectivity index (χ0n) is 9.35. The molecule has 0 atom stereocenters. The number of carbonyl (C=O) groups excluding carboxylic acids is 1. The van der Waals surface area contributed by atoms with Crippen LogP contribution < -0.4 is 10.5 Å². The summed E-state index contributed by atoms with van der Waals surface area (Å²) < 4.78 is 5.29. The summed E-state index contributed by atoms with van der Waals surface area (Å²) >= 11 is 10.5. The third-order valence-corrected chi connectivity index (χ3v) is 2.34. The molecule has 0 aliphatic rings. The van der Waals surface area contributed by atoms with Crippen molar-refractivity contribution in [3.05, 3.63) is 29.3 Å². The van der Waals surface area contributed by atoms with Crippen molar-refractivity contribution in [3.8, 4) is 5.75 Å². The van der Waals surface area contributed by atoms with Crippen LogP contribution in [0, 0.1) is 0 Å². The second-order valence-corrected chi connectivity index (χ2v) is 4.42. The number of amides is 1. The fourth-order valence-corrected chi connectivity index (χ4v) is 1.51. The van der Waals surface area contributed by atoms with Gasteiger partial charge in [0.2, 0.25) is 0 Å². The molecule has 17 heavy (non-hydrogen) atoms. The first-order valence-electron chi connectivity index (χ1n) is 4.89. The summed E-state index contributed by atoms with van der Waals surface area (Å²) in [6.07, 6.45) is 0. The van der Waals surface area contributed by atoms with Crippen molar-refractivity contribution in [2.75, 3.05) is 20.2 Å². The zero-order valence-corrected chi connectivity index (χ0v) is 10.9. The van der Waals surface area contributed by atoms with Crippen LogP contribution in [-0.2, 0) is 4.79 Å². The van der Waals surface area contributed by atoms with Gasteiger partial charge >= 0.3 is 0 Å². The van der Waals surface area contributed by atoms with E-state index in [0.717, 1.165) is 0 Å². The number of rotatable bonds is 5. The highest BCUT2D eigenvalue weighted by Gasteiger charge is 2.10. The second kappa shape index (κ2) is 6.42. The lowest BCUT2D eigenvalue weighted by Gasteiger charge is -2.16. The molecule has 2 N–H and O–H groups in total. The van der Waals surface area contributed by atoms with Crippen LogP contribution >= 0.6 is 23.8 Å². The highest BCUT2D eigenvalue weighted by atomic mass is 35.5. The molecule has 0 bridgehead atoms. The molecule has 0 saturated heterocycles. The Bertz CT molecular complexity index is 426. The van der Waals surface area contributed by atoms with Gasteiger partial charge in [-0.2, -0.15) is 0 Å². The Kier molecular flexibility index (Phi) is 5.18. The monoisotopic (exact) mass is 272 g/mol. The van der Waals surface area contributed by atoms with Gasteiger partial charge in [-0.1, -0.05) is 29.9 Å². The zero-order chi connectivity index (χ0) is 12.8. The average molecular weight is 273 g/mol. The summed E-state index contributed by atoms with van der Waals surface area (Å²) in [5.74, 6) is 0.354. The highest BCUT2D eigenvalue weighted by molar-refractivity contribution is 7.80. The molecule has 0 fully saturated rings. The number of ether oxygens (including phenoxy) is 1. The van der Waals surface area contributed by atoms with Gasteiger partial charge in [-0.3, -0.25) is 4.79 Å². The highest BCUT2D eigenvalue weighted by Crippen LogP contribution is 2.16. The van der Waals surface area contributed by atoms with Crippen LogP contribution in [-0.4, -0.2) is 36.0 Å². The lowest BCUT2D eigenvalue weighted by molar-refractivity contribution is -0.131. The van der Waals surface area contributed by atoms with Crippen LogP contribution in [0.5, 0.6) is 5.75 Å². The quantitative estimate of drug-likeness (QED) is 0.825. The van der Waals surface area contributed by atoms with Crippen molar-refractivity contribution in [1.29, 1.82) is 0 Å². The third-order valence-electron chi connectivity index (χ3n) is 1.98. The molecule has 0 unspecified atom stereocenters. The molecule has 6 heteroatoms. The second-order valence-electron chi connectivity index (χ2n) is 3.46. The predicted molar refractivity (Wildman–Crippen MR) is 71.4 cm³/mol. The Labute approximate surface area is 110 Å². The van der Waals surface area contributed by atoms with E-state index in [9.17, 15) is 4.79 Å². The van der Waals surface area contributed by atoms with E-state index in [1.54, 1.807) is 31.3 Å². The minimum Gasteiger partial charge on any atom is -0.484 e. The standard InChI is InChI=1S/C11H13ClN2O2S/c1-14(6-10(13)17)11(15)7-16-9-4-2-3-8(12)5-9/h2-5H,6-7H2,1H3,(H2,13,17). The van der Waals surface area contributed by atoms with Gasteiger partial charge < -0.3 is 15.4 Å². The summed E-state index contributed by atoms with van der Waals surface area (Å²) in [5, 5.41) is 0.562. The van der Waals surface area contributed by atoms with Gasteiger partial charge in [0.05, 0.1) is 11.5 Å². The first-order valence-corrected chi connectivity index (χ1v) is 5.68. The number of likely N-dealkylation sites (N-methyl/N-ethyl adjacent to an activating group) is 1. The van der Waals surface area contributed by atoms with Crippen molar-refractivity contribution in [2.24, 2.45) is 5.73 Å². The predicted octanol–water partition coefficient (Wildman–Crippen LogP) is 1.46. The Morgan fingerprint density at radius 3 is 2.88 bits per heavy atom. The Hall–Kier alpha value is -1.33. The summed E-state index contributed by atoms with van der Waals surface area (Å²) in [7, 11) is 1.61. The molecule has 0 spiro atoms. The van der Waals surface area contributed by atoms with Crippen molar-refractivity contribution >= 4 is 34.7 Å². The topological polar surface area (TPSA) is 55.6 Å². The average Bonchev–Trinajstić information content (AvgIpc) is 2.25. The maximum Gasteiger partial charge on any atom is 0.260 e. The minimum absolute atomic E-state index is 0.0700. The first kappa shape index (κ1) is 13.7. The van der Waals surface area contributed by atoms with E-state index in [1.165, 1.54) is 4.90 Å². The molecule has 0 aromatic heterocycles. The van der Waals surface area contributed by atoms with Crippen molar-refractivity contribution in [2.45, 2.75) is 0 Å². The number of halogens is 1. The number of nitrogens with two attached hydrogens (primary N) is 1. The van der Waals surface area contributed by atoms with Crippen molar-refractivity contribution in [1.82, 2.24) is 4.90 Å². The fraction of sp³-hybridized carbons (Fsp3) is 0.273. The van der Waals surface area contributed by atoms with Gasteiger partial charge in [0, 0.05) is 12.1 Å². The number of benzene rings is 1. The lowest BCUT2D eigenvalue weighted by atomic mass is 10.3. The molecule has 0 heterocycles. The van der Waals surface area contributed by atoms with E-state index in [4.69, 9.17) is 34.3 Å². The summed E-state index contributed by atoms with van der Waals surface area (Å²) in [5.41, 5.74) is 5.34. The smallest absolute Gasteiger partial charge is 0.260 e. The summed E-state index contributed by atoms with van der Waals surface area (Å²) in [6.45, 7) is 0.173. The molecule has 1 amide bonds. The number of carbonyl (C=O) groups is 1. The number of nitrogens with zero attached hydrogens (tertiary/aromatic N) is 1. The molecule has 92 valence electrons. The van der Waals surface area contributed by atoms with Crippen LogP contribution in [0.2, 0.25) is 5.02 Å². The van der Waals surface area contributed by atoms with Gasteiger partial charge in [0.15, 0.2) is 6.61 Å². The summed E-state index contributed by atoms with van der Waals surface area (Å²) in [4.78, 5) is 13.3. The van der Waals surface area contributed by atoms with E-state index < -0.39 is 0 Å². The van der Waals surface area contributed by atoms with Gasteiger partial charge in [-0.15, -0.1) is 0 Å². The maximum atomic E-state index is 11.6. The molecule has 0 aliphatic heterocycles. The molecular formula is C11H13ClN2O2S. The van der Waals surface area contributed by atoms with Crippen molar-refractivity contribution < 1.29 is 9.53 Å². The van der Waals surface area contributed by atoms with Gasteiger partial charge in [-0.05, 0) is 18.2 Å². The Morgan fingerprint density at radius 2 is 2.29 bits per heavy atom. The number of thiocarbonyl (C=S) groups is 1. The molecular weight excluding hydrogens is 260 g/mol. The van der Waals surface area contributed by atoms with Crippen LogP contribution in [0.3, 0.4) is 0 Å². The normalized spacial score (nSPS) is 9.76. The molecule has 0 saturated carbocycles. The minimum atomic E-state index is -0.197. The summed E-state index contributed by atoms with van der Waals surface area (Å²) in [6, 6.07) is 6.85. The van der Waals surface area contributed by atoms with Gasteiger partial charge in [0.25, 0.3) is 5.91 Å². The van der Waals surface area contributed by atoms with E-state index in [1.807, 2.05) is 0 Å². The number of hydrogen-bond donors (Lipinski definition) is 1. The van der Waals surface area contributed by atoms with Crippen LogP contribution in [0.25, 0.3) is 0 Å². The van der Waals surface area contributed by atoms with Crippen LogP contribution in [0.4, 0.5) is 0 Å². The molecule has 1 aromatic carbocycles. The largest absolute Gasteiger partial charge is 0.484 e. The van der Waals surface area contributed by atoms with E-state index in [-0.39, 0.29) is 24.0 Å². The molecule has 1 aromatic rings. The van der Waals surface area contributed by atoms with E-state index in [0.29, 0.717) is 10.8 Å². The van der Waals surface area contributed by atoms with Crippen molar-refractivity contribution in [3.63, 3.8) is 0 Å². The van der Waals surface area contributed by atoms with E-state index >= 15 is 0 Å². The first-order chi connectivity index (χ1) is 7.99. The lowest BCUT2D eigenvalue weighted by Crippen LogP contribution is -2.37.